The molecular weight excluding hydrogens is 482 g/mol. The molecule has 2 aliphatic heterocycles. The number of carbonyl (C=O) groups excluding carboxylic acids is 3. The second-order valence-corrected chi connectivity index (χ2v) is 9.73. The number of benzene rings is 1. The molecule has 0 saturated carbocycles. The SMILES string of the molecule is C=CCN1C(=O)NC(c2ccc(Cl)cc2)C(C(=O)OCC)=C1CN1CCN(C(=O)NC(C)C)C(C)C1. The van der Waals surface area contributed by atoms with E-state index in [0.717, 1.165) is 5.56 Å². The lowest BCUT2D eigenvalue weighted by molar-refractivity contribution is -0.139. The van der Waals surface area contributed by atoms with Crippen molar-refractivity contribution in [1.29, 1.82) is 0 Å². The number of ether oxygens (including phenoxy) is 1. The summed E-state index contributed by atoms with van der Waals surface area (Å²) in [5, 5.41) is 6.46. The van der Waals surface area contributed by atoms with Gasteiger partial charge < -0.3 is 20.3 Å². The Kier molecular flexibility index (Phi) is 9.39. The number of amides is 4. The van der Waals surface area contributed by atoms with Crippen molar-refractivity contribution in [1.82, 2.24) is 25.3 Å². The van der Waals surface area contributed by atoms with Gasteiger partial charge in [-0.15, -0.1) is 6.58 Å². The molecule has 0 bridgehead atoms. The lowest BCUT2D eigenvalue weighted by Crippen LogP contribution is -2.58. The fourth-order valence-corrected chi connectivity index (χ4v) is 4.70. The number of hydrogen-bond donors (Lipinski definition) is 2. The van der Waals surface area contributed by atoms with E-state index in [4.69, 9.17) is 16.3 Å². The lowest BCUT2D eigenvalue weighted by atomic mass is 9.94. The van der Waals surface area contributed by atoms with E-state index in [-0.39, 0.29) is 37.3 Å². The van der Waals surface area contributed by atoms with Crippen LogP contribution in [0.3, 0.4) is 0 Å². The van der Waals surface area contributed by atoms with Gasteiger partial charge in [-0.2, -0.15) is 0 Å². The molecule has 1 aromatic rings. The van der Waals surface area contributed by atoms with Crippen molar-refractivity contribution in [3.05, 3.63) is 58.8 Å². The van der Waals surface area contributed by atoms with E-state index in [1.54, 1.807) is 37.3 Å². The minimum atomic E-state index is -0.680. The highest BCUT2D eigenvalue weighted by atomic mass is 35.5. The highest BCUT2D eigenvalue weighted by Crippen LogP contribution is 2.33. The first-order chi connectivity index (χ1) is 17.2. The normalized spacial score (nSPS) is 20.9. The van der Waals surface area contributed by atoms with Gasteiger partial charge in [0.2, 0.25) is 0 Å². The number of carbonyl (C=O) groups is 3. The number of piperazine rings is 1. The molecule has 0 spiro atoms. The molecule has 0 radical (unpaired) electrons. The summed E-state index contributed by atoms with van der Waals surface area (Å²) in [4.78, 5) is 44.6. The number of nitrogens with zero attached hydrogens (tertiary/aromatic N) is 3. The summed E-state index contributed by atoms with van der Waals surface area (Å²) < 4.78 is 5.44. The van der Waals surface area contributed by atoms with Gasteiger partial charge in [0.15, 0.2) is 0 Å². The predicted molar refractivity (Wildman–Crippen MR) is 140 cm³/mol. The van der Waals surface area contributed by atoms with Gasteiger partial charge in [-0.3, -0.25) is 9.80 Å². The van der Waals surface area contributed by atoms with Gasteiger partial charge in [0.05, 0.1) is 18.2 Å². The Hall–Kier alpha value is -3.04. The van der Waals surface area contributed by atoms with Crippen molar-refractivity contribution in [2.75, 3.05) is 39.3 Å². The van der Waals surface area contributed by atoms with Gasteiger partial charge in [-0.05, 0) is 45.4 Å². The maximum atomic E-state index is 13.3. The molecule has 1 saturated heterocycles. The standard InChI is InChI=1S/C26H36ClN5O4/c1-6-12-32-21(16-30-13-14-31(18(5)15-30)25(34)28-17(3)4)22(24(33)36-7-2)23(29-26(32)35)19-8-10-20(27)11-9-19/h6,8-11,17-18,23H,1,7,12-16H2,2-5H3,(H,28,34)(H,29,35). The fourth-order valence-electron chi connectivity index (χ4n) is 4.57. The molecule has 0 aliphatic carbocycles. The summed E-state index contributed by atoms with van der Waals surface area (Å²) in [7, 11) is 0. The molecule has 10 heteroatoms. The number of hydrogen-bond acceptors (Lipinski definition) is 5. The summed E-state index contributed by atoms with van der Waals surface area (Å²) in [5.41, 5.74) is 1.69. The lowest BCUT2D eigenvalue weighted by Gasteiger charge is -2.43. The van der Waals surface area contributed by atoms with E-state index < -0.39 is 12.0 Å². The van der Waals surface area contributed by atoms with Crippen molar-refractivity contribution in [3.8, 4) is 0 Å². The van der Waals surface area contributed by atoms with Gasteiger partial charge in [0.1, 0.15) is 0 Å². The molecule has 196 valence electrons. The molecule has 2 atom stereocenters. The zero-order valence-corrected chi connectivity index (χ0v) is 22.2. The Morgan fingerprint density at radius 3 is 2.56 bits per heavy atom. The van der Waals surface area contributed by atoms with Crippen LogP contribution in [-0.2, 0) is 9.53 Å². The van der Waals surface area contributed by atoms with E-state index in [1.807, 2.05) is 25.7 Å². The van der Waals surface area contributed by atoms with Crippen LogP contribution >= 0.6 is 11.6 Å². The first-order valence-corrected chi connectivity index (χ1v) is 12.7. The number of rotatable bonds is 8. The average molecular weight is 518 g/mol. The van der Waals surface area contributed by atoms with Crippen LogP contribution in [0.5, 0.6) is 0 Å². The molecule has 2 N–H and O–H groups in total. The summed E-state index contributed by atoms with van der Waals surface area (Å²) >= 11 is 6.08. The Morgan fingerprint density at radius 2 is 1.97 bits per heavy atom. The van der Waals surface area contributed by atoms with E-state index in [1.165, 1.54) is 4.90 Å². The predicted octanol–water partition coefficient (Wildman–Crippen LogP) is 3.53. The molecule has 2 heterocycles. The van der Waals surface area contributed by atoms with E-state index in [9.17, 15) is 14.4 Å². The van der Waals surface area contributed by atoms with Gasteiger partial charge in [-0.1, -0.05) is 29.8 Å². The maximum absolute atomic E-state index is 13.3. The van der Waals surface area contributed by atoms with Crippen molar-refractivity contribution >= 4 is 29.6 Å². The molecule has 9 nitrogen and oxygen atoms in total. The van der Waals surface area contributed by atoms with Crippen LogP contribution < -0.4 is 10.6 Å². The van der Waals surface area contributed by atoms with Crippen molar-refractivity contribution in [2.24, 2.45) is 0 Å². The summed E-state index contributed by atoms with van der Waals surface area (Å²) in [6.07, 6.45) is 1.63. The molecule has 36 heavy (non-hydrogen) atoms. The third-order valence-corrected chi connectivity index (χ3v) is 6.46. The topological polar surface area (TPSA) is 94.2 Å². The monoisotopic (exact) mass is 517 g/mol. The van der Waals surface area contributed by atoms with Crippen LogP contribution in [0, 0.1) is 0 Å². The summed E-state index contributed by atoms with van der Waals surface area (Å²) in [6, 6.07) is 5.97. The number of nitrogens with one attached hydrogen (secondary N) is 2. The molecule has 2 aliphatic rings. The van der Waals surface area contributed by atoms with Gasteiger partial charge >= 0.3 is 18.0 Å². The number of urea groups is 2. The molecule has 3 rings (SSSR count). The molecule has 2 unspecified atom stereocenters. The quantitative estimate of drug-likeness (QED) is 0.406. The van der Waals surface area contributed by atoms with Crippen LogP contribution in [0.15, 0.2) is 48.2 Å². The largest absolute Gasteiger partial charge is 0.463 e. The van der Waals surface area contributed by atoms with E-state index in [2.05, 4.69) is 22.1 Å². The maximum Gasteiger partial charge on any atom is 0.338 e. The summed E-state index contributed by atoms with van der Waals surface area (Å²) in [6.45, 7) is 13.9. The van der Waals surface area contributed by atoms with Crippen molar-refractivity contribution in [2.45, 2.75) is 45.8 Å². The molecular formula is C26H36ClN5O4. The van der Waals surface area contributed by atoms with Crippen LogP contribution in [0.25, 0.3) is 0 Å². The third kappa shape index (κ3) is 6.39. The second-order valence-electron chi connectivity index (χ2n) is 9.30. The highest BCUT2D eigenvalue weighted by Gasteiger charge is 2.39. The Bertz CT molecular complexity index is 1010. The van der Waals surface area contributed by atoms with Crippen LogP contribution in [0.2, 0.25) is 5.02 Å². The van der Waals surface area contributed by atoms with Crippen LogP contribution in [0.1, 0.15) is 39.3 Å². The second kappa shape index (κ2) is 12.3. The highest BCUT2D eigenvalue weighted by molar-refractivity contribution is 6.30. The Balaban J connectivity index is 1.96. The number of halogens is 1. The van der Waals surface area contributed by atoms with Crippen molar-refractivity contribution < 1.29 is 19.1 Å². The van der Waals surface area contributed by atoms with Gasteiger partial charge in [0.25, 0.3) is 0 Å². The minimum absolute atomic E-state index is 0.0403. The van der Waals surface area contributed by atoms with E-state index >= 15 is 0 Å². The summed E-state index contributed by atoms with van der Waals surface area (Å²) in [5.74, 6) is -0.482. The number of esters is 1. The van der Waals surface area contributed by atoms with Crippen LogP contribution in [-0.4, -0.2) is 84.1 Å². The van der Waals surface area contributed by atoms with Crippen molar-refractivity contribution in [3.63, 3.8) is 0 Å². The van der Waals surface area contributed by atoms with E-state index in [0.29, 0.717) is 42.5 Å². The minimum Gasteiger partial charge on any atom is -0.463 e. The van der Waals surface area contributed by atoms with Gasteiger partial charge in [0, 0.05) is 55.5 Å². The zero-order valence-electron chi connectivity index (χ0n) is 21.4. The first-order valence-electron chi connectivity index (χ1n) is 12.3. The smallest absolute Gasteiger partial charge is 0.338 e. The first kappa shape index (κ1) is 27.5. The Labute approximate surface area is 218 Å². The fraction of sp³-hybridized carbons (Fsp3) is 0.500. The molecule has 4 amide bonds. The Morgan fingerprint density at radius 1 is 1.28 bits per heavy atom. The third-order valence-electron chi connectivity index (χ3n) is 6.21. The zero-order chi connectivity index (χ0) is 26.4. The van der Waals surface area contributed by atoms with Crippen LogP contribution in [0.4, 0.5) is 9.59 Å². The van der Waals surface area contributed by atoms with Gasteiger partial charge in [-0.25, -0.2) is 14.4 Å². The average Bonchev–Trinajstić information content (AvgIpc) is 2.81. The molecule has 0 aromatic heterocycles. The molecule has 1 aromatic carbocycles. The molecule has 1 fully saturated rings.